The van der Waals surface area contributed by atoms with Crippen molar-refractivity contribution < 1.29 is 0 Å². The third-order valence-corrected chi connectivity index (χ3v) is 3.78. The molecule has 0 saturated heterocycles. The Labute approximate surface area is 107 Å². The number of rotatable bonds is 8. The molecule has 1 heteroatoms. The molecule has 1 atom stereocenters. The molecule has 0 aliphatic rings. The second-order valence-electron chi connectivity index (χ2n) is 5.15. The van der Waals surface area contributed by atoms with Gasteiger partial charge in [0.2, 0.25) is 0 Å². The molecule has 1 aromatic rings. The van der Waals surface area contributed by atoms with Crippen molar-refractivity contribution >= 4 is 0 Å². The highest BCUT2D eigenvalue weighted by Crippen LogP contribution is 2.32. The highest BCUT2D eigenvalue weighted by atomic mass is 14.8. The maximum absolute atomic E-state index is 3.39. The first kappa shape index (κ1) is 14.2. The fourth-order valence-electron chi connectivity index (χ4n) is 2.62. The van der Waals surface area contributed by atoms with Crippen LogP contribution in [0.15, 0.2) is 30.3 Å². The first-order valence-electron chi connectivity index (χ1n) is 6.95. The SMILES string of the molecule is CCCCC(CC)(CNC)Cc1ccccc1. The van der Waals surface area contributed by atoms with Crippen LogP contribution in [0.3, 0.4) is 0 Å². The van der Waals surface area contributed by atoms with E-state index in [1.807, 2.05) is 0 Å². The molecule has 1 unspecified atom stereocenters. The zero-order chi connectivity index (χ0) is 12.6. The number of benzene rings is 1. The number of nitrogens with one attached hydrogen (secondary N) is 1. The van der Waals surface area contributed by atoms with E-state index in [-0.39, 0.29) is 0 Å². The van der Waals surface area contributed by atoms with Crippen LogP contribution in [-0.2, 0) is 6.42 Å². The quantitative estimate of drug-likeness (QED) is 0.714. The Kier molecular flexibility index (Phi) is 6.28. The summed E-state index contributed by atoms with van der Waals surface area (Å²) in [6, 6.07) is 10.9. The molecule has 0 heterocycles. The van der Waals surface area contributed by atoms with Crippen molar-refractivity contribution in [3.8, 4) is 0 Å². The second kappa shape index (κ2) is 7.50. The topological polar surface area (TPSA) is 12.0 Å². The average Bonchev–Trinajstić information content (AvgIpc) is 2.37. The molecule has 0 bridgehead atoms. The lowest BCUT2D eigenvalue weighted by atomic mass is 9.75. The first-order chi connectivity index (χ1) is 8.26. The van der Waals surface area contributed by atoms with Crippen molar-refractivity contribution in [3.05, 3.63) is 35.9 Å². The molecule has 0 aliphatic carbocycles. The highest BCUT2D eigenvalue weighted by Gasteiger charge is 2.26. The van der Waals surface area contributed by atoms with Crippen molar-refractivity contribution in [2.45, 2.75) is 46.0 Å². The van der Waals surface area contributed by atoms with Crippen LogP contribution in [0.2, 0.25) is 0 Å². The third kappa shape index (κ3) is 4.51. The number of unbranched alkanes of at least 4 members (excludes halogenated alkanes) is 1. The molecular formula is C16H27N. The van der Waals surface area contributed by atoms with E-state index in [1.165, 1.54) is 37.7 Å². The molecule has 1 nitrogen and oxygen atoms in total. The molecule has 0 aromatic heterocycles. The van der Waals surface area contributed by atoms with Gasteiger partial charge in [0.1, 0.15) is 0 Å². The molecule has 0 fully saturated rings. The first-order valence-corrected chi connectivity index (χ1v) is 6.95. The lowest BCUT2D eigenvalue weighted by Crippen LogP contribution is -2.34. The summed E-state index contributed by atoms with van der Waals surface area (Å²) in [5, 5.41) is 3.39. The van der Waals surface area contributed by atoms with E-state index < -0.39 is 0 Å². The largest absolute Gasteiger partial charge is 0.319 e. The second-order valence-corrected chi connectivity index (χ2v) is 5.15. The van der Waals surface area contributed by atoms with Gasteiger partial charge in [-0.15, -0.1) is 0 Å². The van der Waals surface area contributed by atoms with Gasteiger partial charge >= 0.3 is 0 Å². The summed E-state index contributed by atoms with van der Waals surface area (Å²) < 4.78 is 0. The van der Waals surface area contributed by atoms with E-state index >= 15 is 0 Å². The van der Waals surface area contributed by atoms with Gasteiger partial charge in [-0.3, -0.25) is 0 Å². The summed E-state index contributed by atoms with van der Waals surface area (Å²) in [7, 11) is 2.07. The average molecular weight is 233 g/mol. The molecule has 96 valence electrons. The molecule has 1 N–H and O–H groups in total. The minimum absolute atomic E-state index is 0.437. The van der Waals surface area contributed by atoms with Gasteiger partial charge in [0.25, 0.3) is 0 Å². The van der Waals surface area contributed by atoms with E-state index in [0.29, 0.717) is 5.41 Å². The lowest BCUT2D eigenvalue weighted by Gasteiger charge is -2.33. The van der Waals surface area contributed by atoms with Crippen LogP contribution < -0.4 is 5.32 Å². The maximum Gasteiger partial charge on any atom is 0.000789 e. The van der Waals surface area contributed by atoms with Crippen LogP contribution >= 0.6 is 0 Å². The van der Waals surface area contributed by atoms with Crippen LogP contribution in [0, 0.1) is 5.41 Å². The molecule has 0 spiro atoms. The Morgan fingerprint density at radius 3 is 2.35 bits per heavy atom. The van der Waals surface area contributed by atoms with Crippen LogP contribution in [0.25, 0.3) is 0 Å². The Morgan fingerprint density at radius 2 is 1.82 bits per heavy atom. The maximum atomic E-state index is 3.39. The Bertz CT molecular complexity index is 294. The van der Waals surface area contributed by atoms with Gasteiger partial charge < -0.3 is 5.32 Å². The van der Waals surface area contributed by atoms with Gasteiger partial charge in [0.05, 0.1) is 0 Å². The van der Waals surface area contributed by atoms with Gasteiger partial charge in [-0.25, -0.2) is 0 Å². The van der Waals surface area contributed by atoms with Gasteiger partial charge in [-0.1, -0.05) is 57.0 Å². The molecule has 17 heavy (non-hydrogen) atoms. The van der Waals surface area contributed by atoms with Crippen LogP contribution in [0.5, 0.6) is 0 Å². The summed E-state index contributed by atoms with van der Waals surface area (Å²) >= 11 is 0. The summed E-state index contributed by atoms with van der Waals surface area (Å²) in [6.07, 6.45) is 6.41. The molecule has 0 radical (unpaired) electrons. The molecule has 0 saturated carbocycles. The van der Waals surface area contributed by atoms with Gasteiger partial charge in [-0.2, -0.15) is 0 Å². The molecule has 1 aromatic carbocycles. The summed E-state index contributed by atoms with van der Waals surface area (Å²) in [6.45, 7) is 5.73. The fraction of sp³-hybridized carbons (Fsp3) is 0.625. The smallest absolute Gasteiger partial charge is 0.000789 e. The molecule has 0 aliphatic heterocycles. The Balaban J connectivity index is 2.74. The predicted octanol–water partition coefficient (Wildman–Crippen LogP) is 4.04. The van der Waals surface area contributed by atoms with Gasteiger partial charge in [0, 0.05) is 6.54 Å². The van der Waals surface area contributed by atoms with Crippen molar-refractivity contribution in [1.29, 1.82) is 0 Å². The highest BCUT2D eigenvalue weighted by molar-refractivity contribution is 5.16. The van der Waals surface area contributed by atoms with E-state index in [0.717, 1.165) is 6.54 Å². The minimum atomic E-state index is 0.437. The van der Waals surface area contributed by atoms with E-state index in [4.69, 9.17) is 0 Å². The van der Waals surface area contributed by atoms with Crippen molar-refractivity contribution in [2.24, 2.45) is 5.41 Å². The molecule has 0 amide bonds. The number of hydrogen-bond acceptors (Lipinski definition) is 1. The van der Waals surface area contributed by atoms with Crippen LogP contribution in [0.1, 0.15) is 45.1 Å². The zero-order valence-corrected chi connectivity index (χ0v) is 11.6. The summed E-state index contributed by atoms with van der Waals surface area (Å²) in [4.78, 5) is 0. The van der Waals surface area contributed by atoms with Crippen molar-refractivity contribution in [1.82, 2.24) is 5.32 Å². The normalized spacial score (nSPS) is 14.5. The lowest BCUT2D eigenvalue weighted by molar-refractivity contribution is 0.235. The van der Waals surface area contributed by atoms with Crippen molar-refractivity contribution in [3.63, 3.8) is 0 Å². The third-order valence-electron chi connectivity index (χ3n) is 3.78. The molecular weight excluding hydrogens is 206 g/mol. The number of hydrogen-bond donors (Lipinski definition) is 1. The van der Waals surface area contributed by atoms with E-state index in [2.05, 4.69) is 56.5 Å². The van der Waals surface area contributed by atoms with Crippen LogP contribution in [0.4, 0.5) is 0 Å². The Morgan fingerprint density at radius 1 is 1.12 bits per heavy atom. The van der Waals surface area contributed by atoms with Gasteiger partial charge in [0.15, 0.2) is 0 Å². The Hall–Kier alpha value is -0.820. The van der Waals surface area contributed by atoms with Gasteiger partial charge in [-0.05, 0) is 37.3 Å². The standard InChI is InChI=1S/C16H27N/c1-4-6-12-16(5-2,14-17-3)13-15-10-8-7-9-11-15/h7-11,17H,4-6,12-14H2,1-3H3. The molecule has 1 rings (SSSR count). The monoisotopic (exact) mass is 233 g/mol. The fourth-order valence-corrected chi connectivity index (χ4v) is 2.62. The summed E-state index contributed by atoms with van der Waals surface area (Å²) in [5.41, 5.74) is 1.91. The van der Waals surface area contributed by atoms with E-state index in [9.17, 15) is 0 Å². The van der Waals surface area contributed by atoms with Crippen molar-refractivity contribution in [2.75, 3.05) is 13.6 Å². The zero-order valence-electron chi connectivity index (χ0n) is 11.6. The summed E-state index contributed by atoms with van der Waals surface area (Å²) in [5.74, 6) is 0. The predicted molar refractivity (Wildman–Crippen MR) is 76.3 cm³/mol. The van der Waals surface area contributed by atoms with Crippen LogP contribution in [-0.4, -0.2) is 13.6 Å². The minimum Gasteiger partial charge on any atom is -0.319 e. The van der Waals surface area contributed by atoms with E-state index in [1.54, 1.807) is 0 Å².